The van der Waals surface area contributed by atoms with Crippen LogP contribution in [0.4, 0.5) is 18.9 Å². The number of hydrogen-bond acceptors (Lipinski definition) is 4. The van der Waals surface area contributed by atoms with Crippen LogP contribution in [0.2, 0.25) is 0 Å². The van der Waals surface area contributed by atoms with E-state index in [0.29, 0.717) is 15.9 Å². The number of aryl methyl sites for hydroxylation is 1. The van der Waals surface area contributed by atoms with E-state index in [1.165, 1.54) is 23.1 Å². The quantitative estimate of drug-likeness (QED) is 0.252. The smallest absolute Gasteiger partial charge is 0.352 e. The van der Waals surface area contributed by atoms with Gasteiger partial charge in [-0.05, 0) is 74.7 Å². The number of rotatable bonds is 10. The molecule has 3 aromatic rings. The Morgan fingerprint density at radius 2 is 1.61 bits per heavy atom. The Balaban J connectivity index is 1.72. The highest BCUT2D eigenvalue weighted by Gasteiger charge is 2.35. The molecule has 4 rings (SSSR count). The molecule has 1 aliphatic carbocycles. The summed E-state index contributed by atoms with van der Waals surface area (Å²) in [7, 11) is -4.50. The molecule has 44 heavy (non-hydrogen) atoms. The van der Waals surface area contributed by atoms with Crippen LogP contribution in [-0.4, -0.2) is 43.8 Å². The van der Waals surface area contributed by atoms with Crippen LogP contribution in [0.25, 0.3) is 0 Å². The predicted molar refractivity (Wildman–Crippen MR) is 166 cm³/mol. The van der Waals surface area contributed by atoms with E-state index in [2.05, 4.69) is 21.2 Å². The fraction of sp³-hybridized carbons (Fsp3) is 0.375. The van der Waals surface area contributed by atoms with Gasteiger partial charge in [0.2, 0.25) is 11.8 Å². The second-order valence-electron chi connectivity index (χ2n) is 11.0. The normalized spacial score (nSPS) is 15.0. The number of nitrogens with zero attached hydrogens (tertiary/aromatic N) is 2. The van der Waals surface area contributed by atoms with Gasteiger partial charge in [0.25, 0.3) is 10.0 Å². The van der Waals surface area contributed by atoms with Crippen molar-refractivity contribution in [3.8, 4) is 0 Å². The van der Waals surface area contributed by atoms with Crippen LogP contribution in [0, 0.1) is 6.92 Å². The molecule has 1 N–H and O–H groups in total. The second-order valence-corrected chi connectivity index (χ2v) is 13.8. The second kappa shape index (κ2) is 14.2. The molecule has 1 saturated carbocycles. The van der Waals surface area contributed by atoms with Gasteiger partial charge in [-0.1, -0.05) is 71.1 Å². The summed E-state index contributed by atoms with van der Waals surface area (Å²) in [6.45, 7) is 2.49. The number of nitrogens with one attached hydrogen (secondary N) is 1. The Morgan fingerprint density at radius 3 is 2.23 bits per heavy atom. The lowest BCUT2D eigenvalue weighted by Gasteiger charge is -2.33. The van der Waals surface area contributed by atoms with Gasteiger partial charge in [0.15, 0.2) is 0 Å². The van der Waals surface area contributed by atoms with Gasteiger partial charge in [-0.15, -0.1) is 0 Å². The number of benzene rings is 3. The van der Waals surface area contributed by atoms with E-state index in [0.717, 1.165) is 54.3 Å². The molecule has 7 nitrogen and oxygen atoms in total. The maximum absolute atomic E-state index is 14.1. The van der Waals surface area contributed by atoms with Gasteiger partial charge >= 0.3 is 6.18 Å². The number of hydrogen-bond donors (Lipinski definition) is 1. The van der Waals surface area contributed by atoms with E-state index in [1.54, 1.807) is 50.2 Å². The van der Waals surface area contributed by atoms with E-state index in [9.17, 15) is 31.2 Å². The van der Waals surface area contributed by atoms with Crippen molar-refractivity contribution in [3.05, 3.63) is 94.0 Å². The summed E-state index contributed by atoms with van der Waals surface area (Å²) in [5, 5.41) is 3.02. The van der Waals surface area contributed by atoms with Crippen molar-refractivity contribution in [3.63, 3.8) is 0 Å². The van der Waals surface area contributed by atoms with Crippen LogP contribution in [-0.2, 0) is 32.3 Å². The Hall–Kier alpha value is -3.38. The van der Waals surface area contributed by atoms with Crippen LogP contribution >= 0.6 is 15.9 Å². The van der Waals surface area contributed by atoms with Gasteiger partial charge in [-0.2, -0.15) is 13.2 Å². The van der Waals surface area contributed by atoms with Crippen LogP contribution in [0.15, 0.2) is 82.2 Å². The maximum atomic E-state index is 14.1. The first-order valence-corrected chi connectivity index (χ1v) is 16.6. The van der Waals surface area contributed by atoms with Crippen LogP contribution in [0.5, 0.6) is 0 Å². The summed E-state index contributed by atoms with van der Waals surface area (Å²) in [5.41, 5.74) is 0.0881. The molecule has 12 heteroatoms. The highest BCUT2D eigenvalue weighted by molar-refractivity contribution is 9.10. The van der Waals surface area contributed by atoms with Crippen molar-refractivity contribution >= 4 is 43.5 Å². The molecule has 2 amide bonds. The molecule has 1 fully saturated rings. The molecular weight excluding hydrogens is 659 g/mol. The molecule has 1 aliphatic rings. The number of carbonyl (C=O) groups excluding carboxylic acids is 2. The van der Waals surface area contributed by atoms with Crippen molar-refractivity contribution in [1.29, 1.82) is 0 Å². The summed E-state index contributed by atoms with van der Waals surface area (Å²) in [6, 6.07) is 15.8. The summed E-state index contributed by atoms with van der Waals surface area (Å²) in [4.78, 5) is 28.5. The van der Waals surface area contributed by atoms with Crippen LogP contribution in [0.3, 0.4) is 0 Å². The maximum Gasteiger partial charge on any atom is 0.416 e. The van der Waals surface area contributed by atoms with Gasteiger partial charge in [0.1, 0.15) is 12.6 Å². The molecule has 0 saturated heterocycles. The molecule has 0 unspecified atom stereocenters. The summed E-state index contributed by atoms with van der Waals surface area (Å²) in [5.74, 6) is -1.12. The van der Waals surface area contributed by atoms with E-state index in [1.807, 2.05) is 0 Å². The summed E-state index contributed by atoms with van der Waals surface area (Å²) in [6.07, 6.45) is -0.00256. The number of sulfonamides is 1. The zero-order valence-corrected chi connectivity index (χ0v) is 26.9. The number of halogens is 4. The number of amides is 2. The summed E-state index contributed by atoms with van der Waals surface area (Å²) < 4.78 is 70.3. The van der Waals surface area contributed by atoms with Crippen LogP contribution in [0.1, 0.15) is 55.7 Å². The van der Waals surface area contributed by atoms with Gasteiger partial charge in [0.05, 0.1) is 16.1 Å². The molecule has 0 spiro atoms. The van der Waals surface area contributed by atoms with Gasteiger partial charge in [0, 0.05) is 17.1 Å². The Kier molecular flexibility index (Phi) is 10.8. The fourth-order valence-electron chi connectivity index (χ4n) is 5.14. The lowest BCUT2D eigenvalue weighted by atomic mass is 9.95. The molecule has 0 radical (unpaired) electrons. The van der Waals surface area contributed by atoms with Crippen molar-refractivity contribution in [2.75, 3.05) is 10.8 Å². The van der Waals surface area contributed by atoms with Gasteiger partial charge in [-0.3, -0.25) is 13.9 Å². The van der Waals surface area contributed by atoms with E-state index in [4.69, 9.17) is 0 Å². The minimum absolute atomic E-state index is 0.0214. The molecule has 1 atom stereocenters. The molecule has 3 aromatic carbocycles. The monoisotopic (exact) mass is 693 g/mol. The Labute approximate surface area is 264 Å². The topological polar surface area (TPSA) is 86.8 Å². The number of carbonyl (C=O) groups is 2. The molecule has 0 heterocycles. The third-order valence-electron chi connectivity index (χ3n) is 7.73. The third kappa shape index (κ3) is 8.41. The molecule has 0 bridgehead atoms. The summed E-state index contributed by atoms with van der Waals surface area (Å²) >= 11 is 3.38. The zero-order chi connectivity index (χ0) is 32.1. The SMILES string of the molecule is Cc1ccc(S(=O)(=O)N(CC(=O)N(Cc2ccc(Br)cc2)[C@H](C)C(=O)NC2CCCCC2)c2cccc(C(F)(F)F)c2)cc1. The van der Waals surface area contributed by atoms with E-state index in [-0.39, 0.29) is 29.1 Å². The van der Waals surface area contributed by atoms with Gasteiger partial charge in [-0.25, -0.2) is 8.42 Å². The van der Waals surface area contributed by atoms with Gasteiger partial charge < -0.3 is 10.2 Å². The minimum Gasteiger partial charge on any atom is -0.352 e. The Morgan fingerprint density at radius 1 is 0.977 bits per heavy atom. The molecule has 236 valence electrons. The fourth-order valence-corrected chi connectivity index (χ4v) is 6.81. The van der Waals surface area contributed by atoms with Crippen molar-refractivity contribution in [2.45, 2.75) is 75.7 Å². The predicted octanol–water partition coefficient (Wildman–Crippen LogP) is 6.84. The first-order valence-electron chi connectivity index (χ1n) is 14.4. The lowest BCUT2D eigenvalue weighted by molar-refractivity contribution is -0.139. The van der Waals surface area contributed by atoms with Crippen molar-refractivity contribution in [2.24, 2.45) is 0 Å². The largest absolute Gasteiger partial charge is 0.416 e. The highest BCUT2D eigenvalue weighted by atomic mass is 79.9. The molecule has 0 aliphatic heterocycles. The van der Waals surface area contributed by atoms with Crippen LogP contribution < -0.4 is 9.62 Å². The average Bonchev–Trinajstić information content (AvgIpc) is 2.99. The number of anilines is 1. The van der Waals surface area contributed by atoms with Crippen molar-refractivity contribution < 1.29 is 31.2 Å². The first-order chi connectivity index (χ1) is 20.8. The van der Waals surface area contributed by atoms with Crippen molar-refractivity contribution in [1.82, 2.24) is 10.2 Å². The zero-order valence-electron chi connectivity index (χ0n) is 24.5. The lowest BCUT2D eigenvalue weighted by Crippen LogP contribution is -2.53. The van der Waals surface area contributed by atoms with E-state index >= 15 is 0 Å². The average molecular weight is 695 g/mol. The van der Waals surface area contributed by atoms with E-state index < -0.39 is 40.3 Å². The number of alkyl halides is 3. The highest BCUT2D eigenvalue weighted by Crippen LogP contribution is 2.33. The molecule has 0 aromatic heterocycles. The third-order valence-corrected chi connectivity index (χ3v) is 10.1. The Bertz CT molecular complexity index is 1560. The standard InChI is InChI=1S/C32H35BrF3N3O4S/c1-22-11-17-29(18-12-22)44(42,43)39(28-10-6-7-25(19-28)32(34,35)36)21-30(40)38(20-24-13-15-26(33)16-14-24)23(2)31(41)37-27-8-4-3-5-9-27/h6-7,10-19,23,27H,3-5,8-9,20-21H2,1-2H3,(H,37,41)/t23-/m1/s1. The first kappa shape index (κ1) is 33.5. The molecular formula is C32H35BrF3N3O4S. The minimum atomic E-state index is -4.74.